The summed E-state index contributed by atoms with van der Waals surface area (Å²) in [5.41, 5.74) is 3.60. The largest absolute Gasteiger partial charge is 0.354 e. The van der Waals surface area contributed by atoms with E-state index in [0.29, 0.717) is 56.8 Å². The van der Waals surface area contributed by atoms with E-state index in [-0.39, 0.29) is 11.6 Å². The first-order chi connectivity index (χ1) is 17.9. The molecule has 0 saturated carbocycles. The number of hydrogen-bond acceptors (Lipinski definition) is 8. The first-order valence-corrected chi connectivity index (χ1v) is 13.7. The number of nitrogens with one attached hydrogen (secondary N) is 1. The van der Waals surface area contributed by atoms with Gasteiger partial charge in [0.15, 0.2) is 0 Å². The van der Waals surface area contributed by atoms with Crippen molar-refractivity contribution < 1.29 is 18.0 Å². The fourth-order valence-corrected chi connectivity index (χ4v) is 5.71. The zero-order valence-electron chi connectivity index (χ0n) is 20.3. The summed E-state index contributed by atoms with van der Waals surface area (Å²) >= 11 is 0. The molecule has 1 fully saturated rings. The van der Waals surface area contributed by atoms with Gasteiger partial charge in [-0.15, -0.1) is 0 Å². The van der Waals surface area contributed by atoms with Crippen LogP contribution in [-0.2, 0) is 16.4 Å². The van der Waals surface area contributed by atoms with E-state index in [2.05, 4.69) is 32.3 Å². The maximum absolute atomic E-state index is 13.0. The van der Waals surface area contributed by atoms with Gasteiger partial charge in [-0.25, -0.2) is 33.2 Å². The molecule has 11 heteroatoms. The number of rotatable bonds is 9. The molecule has 0 amide bonds. The molecule has 4 rings (SSSR count). The summed E-state index contributed by atoms with van der Waals surface area (Å²) in [5.74, 6) is 6.95. The van der Waals surface area contributed by atoms with Crippen LogP contribution in [0.25, 0.3) is 0 Å². The van der Waals surface area contributed by atoms with E-state index in [1.165, 1.54) is 16.4 Å². The van der Waals surface area contributed by atoms with Gasteiger partial charge in [0, 0.05) is 68.4 Å². The van der Waals surface area contributed by atoms with Crippen molar-refractivity contribution >= 4 is 15.8 Å². The van der Waals surface area contributed by atoms with E-state index in [9.17, 15) is 18.0 Å². The summed E-state index contributed by atoms with van der Waals surface area (Å²) in [6, 6.07) is 10.9. The molecule has 1 saturated heterocycles. The lowest BCUT2D eigenvalue weighted by Gasteiger charge is -2.35. The van der Waals surface area contributed by atoms with Crippen LogP contribution in [0.1, 0.15) is 29.8 Å². The number of halogens is 1. The van der Waals surface area contributed by atoms with Gasteiger partial charge in [0.1, 0.15) is 17.5 Å². The lowest BCUT2D eigenvalue weighted by atomic mass is 10.1. The molecule has 3 heterocycles. The molecule has 0 radical (unpaired) electrons. The highest BCUT2D eigenvalue weighted by atomic mass is 32.2. The lowest BCUT2D eigenvalue weighted by molar-refractivity contribution is 0.128. The molecule has 37 heavy (non-hydrogen) atoms. The fourth-order valence-electron chi connectivity index (χ4n) is 4.03. The molecule has 194 valence electrons. The molecule has 2 N–H and O–H groups in total. The fraction of sp³-hybridized carbons (Fsp3) is 0.346. The van der Waals surface area contributed by atoms with Crippen LogP contribution in [0, 0.1) is 17.7 Å². The predicted octanol–water partition coefficient (Wildman–Crippen LogP) is 2.23. The van der Waals surface area contributed by atoms with E-state index in [1.807, 2.05) is 17.0 Å². The topological polar surface area (TPSA) is 112 Å². The second kappa shape index (κ2) is 12.7. The van der Waals surface area contributed by atoms with Gasteiger partial charge >= 0.3 is 0 Å². The predicted molar refractivity (Wildman–Crippen MR) is 138 cm³/mol. The Morgan fingerprint density at radius 3 is 2.30 bits per heavy atom. The minimum Gasteiger partial charge on any atom is -0.354 e. The van der Waals surface area contributed by atoms with Gasteiger partial charge in [0.2, 0.25) is 10.0 Å². The zero-order valence-corrected chi connectivity index (χ0v) is 21.1. The number of pyridine rings is 1. The molecule has 9 nitrogen and oxygen atoms in total. The van der Waals surface area contributed by atoms with E-state index in [0.717, 1.165) is 11.4 Å². The van der Waals surface area contributed by atoms with Crippen LogP contribution in [0.4, 0.5) is 10.2 Å². The number of anilines is 1. The van der Waals surface area contributed by atoms with Gasteiger partial charge in [-0.3, -0.25) is 0 Å². The molecule has 3 aromatic rings. The van der Waals surface area contributed by atoms with Crippen LogP contribution in [-0.4, -0.2) is 70.9 Å². The number of aromatic nitrogens is 3. The van der Waals surface area contributed by atoms with Crippen LogP contribution >= 0.6 is 0 Å². The monoisotopic (exact) mass is 524 g/mol. The molecular formula is C26H29FN6O3S. The van der Waals surface area contributed by atoms with Crippen molar-refractivity contribution in [2.24, 2.45) is 0 Å². The van der Waals surface area contributed by atoms with E-state index in [1.54, 1.807) is 36.8 Å². The normalized spacial score (nSPS) is 15.1. The molecule has 1 unspecified atom stereocenters. The summed E-state index contributed by atoms with van der Waals surface area (Å²) in [6.45, 7) is 1.70. The Balaban J connectivity index is 1.26. The molecule has 0 bridgehead atoms. The Bertz CT molecular complexity index is 1300. The SMILES string of the molecule is O=S(=O)(CC(CCCc1ncccn1)NO)N1CCN(c2ccc(C#Cc3ccc(F)cc3)cn2)CC1. The highest BCUT2D eigenvalue weighted by molar-refractivity contribution is 7.89. The highest BCUT2D eigenvalue weighted by Gasteiger charge is 2.29. The standard InChI is InChI=1S/C26H29FN6O3S/c27-23-10-7-21(8-11-23)5-6-22-9-12-26(30-19-22)32-15-17-33(18-16-32)37(35,36)20-24(31-34)3-1-4-25-28-13-2-14-29-25/h2,7-14,19,24,31,34H,1,3-4,15-18,20H2. The maximum Gasteiger partial charge on any atom is 0.215 e. The van der Waals surface area contributed by atoms with Gasteiger partial charge in [0.05, 0.1) is 5.75 Å². The first-order valence-electron chi connectivity index (χ1n) is 12.0. The molecule has 1 atom stereocenters. The second-order valence-electron chi connectivity index (χ2n) is 8.71. The van der Waals surface area contributed by atoms with Gasteiger partial charge in [0.25, 0.3) is 0 Å². The van der Waals surface area contributed by atoms with Crippen molar-refractivity contribution in [3.8, 4) is 11.8 Å². The minimum absolute atomic E-state index is 0.182. The molecule has 0 spiro atoms. The molecule has 1 aromatic carbocycles. The molecule has 1 aliphatic rings. The maximum atomic E-state index is 13.0. The second-order valence-corrected chi connectivity index (χ2v) is 10.7. The average Bonchev–Trinajstić information content (AvgIpc) is 2.93. The van der Waals surface area contributed by atoms with Crippen molar-refractivity contribution in [1.29, 1.82) is 0 Å². The lowest BCUT2D eigenvalue weighted by Crippen LogP contribution is -2.51. The molecular weight excluding hydrogens is 495 g/mol. The number of aryl methyl sites for hydroxylation is 1. The number of nitrogens with zero attached hydrogens (tertiary/aromatic N) is 5. The van der Waals surface area contributed by atoms with Gasteiger partial charge < -0.3 is 10.1 Å². The van der Waals surface area contributed by atoms with Gasteiger partial charge in [-0.1, -0.05) is 11.8 Å². The van der Waals surface area contributed by atoms with Crippen molar-refractivity contribution in [1.82, 2.24) is 24.7 Å². The van der Waals surface area contributed by atoms with E-state index < -0.39 is 16.1 Å². The van der Waals surface area contributed by atoms with Crippen molar-refractivity contribution in [3.05, 3.63) is 83.8 Å². The minimum atomic E-state index is -3.55. The van der Waals surface area contributed by atoms with Gasteiger partial charge in [-0.2, -0.15) is 4.31 Å². The van der Waals surface area contributed by atoms with Crippen LogP contribution < -0.4 is 10.4 Å². The van der Waals surface area contributed by atoms with Crippen LogP contribution in [0.2, 0.25) is 0 Å². The zero-order chi connectivity index (χ0) is 26.1. The highest BCUT2D eigenvalue weighted by Crippen LogP contribution is 2.17. The van der Waals surface area contributed by atoms with Gasteiger partial charge in [-0.05, 0) is 55.3 Å². The number of hydrogen-bond donors (Lipinski definition) is 2. The van der Waals surface area contributed by atoms with Crippen LogP contribution in [0.15, 0.2) is 61.1 Å². The Morgan fingerprint density at radius 1 is 0.973 bits per heavy atom. The summed E-state index contributed by atoms with van der Waals surface area (Å²) < 4.78 is 40.4. The molecule has 1 aliphatic heterocycles. The Labute approximate surface area is 216 Å². The number of piperazine rings is 1. The summed E-state index contributed by atoms with van der Waals surface area (Å²) in [6.07, 6.45) is 6.76. The first kappa shape index (κ1) is 26.6. The summed E-state index contributed by atoms with van der Waals surface area (Å²) in [7, 11) is -3.55. The third-order valence-corrected chi connectivity index (χ3v) is 8.04. The number of benzene rings is 1. The summed E-state index contributed by atoms with van der Waals surface area (Å²) in [4.78, 5) is 14.8. The third-order valence-electron chi connectivity index (χ3n) is 6.07. The van der Waals surface area contributed by atoms with Crippen molar-refractivity contribution in [2.75, 3.05) is 36.8 Å². The molecule has 2 aromatic heterocycles. The van der Waals surface area contributed by atoms with Crippen LogP contribution in [0.3, 0.4) is 0 Å². The molecule has 0 aliphatic carbocycles. The average molecular weight is 525 g/mol. The number of sulfonamides is 1. The Kier molecular flexibility index (Phi) is 9.14. The van der Waals surface area contributed by atoms with Crippen molar-refractivity contribution in [3.63, 3.8) is 0 Å². The van der Waals surface area contributed by atoms with Crippen molar-refractivity contribution in [2.45, 2.75) is 25.3 Å². The Hall–Kier alpha value is -3.43. The van der Waals surface area contributed by atoms with Crippen LogP contribution in [0.5, 0.6) is 0 Å². The van der Waals surface area contributed by atoms with E-state index >= 15 is 0 Å². The van der Waals surface area contributed by atoms with E-state index in [4.69, 9.17) is 0 Å². The smallest absolute Gasteiger partial charge is 0.215 e. The number of hydroxylamine groups is 1. The third kappa shape index (κ3) is 7.77. The summed E-state index contributed by atoms with van der Waals surface area (Å²) in [5, 5.41) is 9.51. The Morgan fingerprint density at radius 2 is 1.65 bits per heavy atom. The quantitative estimate of drug-likeness (QED) is 0.324.